The molecule has 0 aliphatic rings. The minimum atomic E-state index is -3.51. The summed E-state index contributed by atoms with van der Waals surface area (Å²) in [4.78, 5) is 5.36. The fourth-order valence-corrected chi connectivity index (χ4v) is 5.16. The van der Waals surface area contributed by atoms with Crippen molar-refractivity contribution in [3.05, 3.63) is 40.7 Å². The van der Waals surface area contributed by atoms with Gasteiger partial charge in [-0.15, -0.1) is 0 Å². The number of anilines is 1. The van der Waals surface area contributed by atoms with Gasteiger partial charge in [-0.2, -0.15) is 4.37 Å². The molecule has 3 aromatic rings. The third-order valence-electron chi connectivity index (χ3n) is 4.47. The zero-order chi connectivity index (χ0) is 20.1. The molecule has 7 nitrogen and oxygen atoms in total. The lowest BCUT2D eigenvalue weighted by Crippen LogP contribution is -2.25. The largest absolute Gasteiger partial charge is 0.355 e. The molecular weight excluding hydrogens is 418 g/mol. The summed E-state index contributed by atoms with van der Waals surface area (Å²) in [6, 6.07) is 3.32. The van der Waals surface area contributed by atoms with Crippen LogP contribution in [-0.2, 0) is 10.0 Å². The van der Waals surface area contributed by atoms with Crippen LogP contribution in [-0.4, -0.2) is 35.3 Å². The van der Waals surface area contributed by atoms with Crippen LogP contribution in [0.4, 0.5) is 5.95 Å². The number of benzene rings is 1. The molecule has 0 aliphatic heterocycles. The maximum Gasteiger partial charge on any atom is 0.240 e. The number of nitrogens with one attached hydrogen (secondary N) is 2. The van der Waals surface area contributed by atoms with Crippen LogP contribution in [0.2, 0.25) is 5.02 Å². The van der Waals surface area contributed by atoms with E-state index in [1.807, 2.05) is 10.6 Å². The lowest BCUT2D eigenvalue weighted by atomic mass is 10.2. The summed E-state index contributed by atoms with van der Waals surface area (Å²) in [5.41, 5.74) is 1.41. The van der Waals surface area contributed by atoms with Crippen LogP contribution in [0.5, 0.6) is 0 Å². The average molecular weight is 442 g/mol. The highest BCUT2D eigenvalue weighted by molar-refractivity contribution is 7.89. The number of hydrogen-bond acceptors (Lipinski definition) is 6. The number of imidazole rings is 1. The Kier molecular flexibility index (Phi) is 6.92. The highest BCUT2D eigenvalue weighted by Crippen LogP contribution is 2.23. The number of unbranched alkanes of at least 4 members (excludes halogenated alkanes) is 3. The van der Waals surface area contributed by atoms with E-state index in [1.165, 1.54) is 11.5 Å². The van der Waals surface area contributed by atoms with Crippen LogP contribution in [0.15, 0.2) is 29.4 Å². The topological polar surface area (TPSA) is 88.4 Å². The van der Waals surface area contributed by atoms with Gasteiger partial charge in [-0.3, -0.25) is 4.40 Å². The van der Waals surface area contributed by atoms with Gasteiger partial charge in [0.15, 0.2) is 0 Å². The molecule has 0 bridgehead atoms. The number of fused-ring (bicyclic) bond motifs is 1. The Labute approximate surface area is 174 Å². The van der Waals surface area contributed by atoms with Crippen LogP contribution in [0.1, 0.15) is 36.8 Å². The molecule has 0 fully saturated rings. The van der Waals surface area contributed by atoms with Crippen molar-refractivity contribution < 1.29 is 8.42 Å². The first-order valence-corrected chi connectivity index (χ1v) is 11.8. The molecule has 2 heterocycles. The van der Waals surface area contributed by atoms with Crippen LogP contribution < -0.4 is 10.0 Å². The SMILES string of the molecule is Cc1cc(S(=O)(=O)NCCCCCCNc2nsc3nccn23)c(C)cc1Cl. The average Bonchev–Trinajstić information content (AvgIpc) is 3.24. The van der Waals surface area contributed by atoms with Crippen LogP contribution in [0.3, 0.4) is 0 Å². The Morgan fingerprint density at radius 3 is 2.64 bits per heavy atom. The predicted molar refractivity (Wildman–Crippen MR) is 114 cm³/mol. The van der Waals surface area contributed by atoms with Gasteiger partial charge >= 0.3 is 0 Å². The zero-order valence-corrected chi connectivity index (χ0v) is 18.3. The van der Waals surface area contributed by atoms with Gasteiger partial charge in [0.05, 0.1) is 4.90 Å². The zero-order valence-electron chi connectivity index (χ0n) is 15.9. The van der Waals surface area contributed by atoms with Crippen molar-refractivity contribution in [3.63, 3.8) is 0 Å². The number of nitrogens with zero attached hydrogens (tertiary/aromatic N) is 3. The van der Waals surface area contributed by atoms with E-state index in [9.17, 15) is 8.42 Å². The van der Waals surface area contributed by atoms with Crippen molar-refractivity contribution in [1.29, 1.82) is 0 Å². The maximum absolute atomic E-state index is 12.5. The molecule has 0 amide bonds. The number of aromatic nitrogens is 3. The van der Waals surface area contributed by atoms with Crippen molar-refractivity contribution >= 4 is 44.1 Å². The van der Waals surface area contributed by atoms with Gasteiger partial charge in [-0.1, -0.05) is 24.4 Å². The smallest absolute Gasteiger partial charge is 0.240 e. The highest BCUT2D eigenvalue weighted by atomic mass is 35.5. The van der Waals surface area contributed by atoms with E-state index in [2.05, 4.69) is 19.4 Å². The maximum atomic E-state index is 12.5. The molecule has 0 aliphatic carbocycles. The summed E-state index contributed by atoms with van der Waals surface area (Å²) in [6.45, 7) is 4.82. The van der Waals surface area contributed by atoms with Gasteiger partial charge in [-0.05, 0) is 49.9 Å². The lowest BCUT2D eigenvalue weighted by molar-refractivity contribution is 0.572. The second kappa shape index (κ2) is 9.21. The van der Waals surface area contributed by atoms with Crippen molar-refractivity contribution in [2.45, 2.75) is 44.4 Å². The molecule has 0 saturated heterocycles. The number of rotatable bonds is 10. The molecule has 152 valence electrons. The molecule has 0 saturated carbocycles. The van der Waals surface area contributed by atoms with E-state index < -0.39 is 10.0 Å². The van der Waals surface area contributed by atoms with Gasteiger partial charge < -0.3 is 5.32 Å². The molecule has 0 radical (unpaired) electrons. The summed E-state index contributed by atoms with van der Waals surface area (Å²) in [6.07, 6.45) is 7.42. The normalized spacial score (nSPS) is 12.0. The van der Waals surface area contributed by atoms with Crippen LogP contribution in [0, 0.1) is 13.8 Å². The standard InChI is InChI=1S/C18H24ClN5O2S2/c1-13-12-16(14(2)11-15(13)19)28(25,26)22-8-6-4-3-5-7-20-17-23-27-18-21-9-10-24(17)18/h9-12,22H,3-8H2,1-2H3,(H,20,23). The molecule has 10 heteroatoms. The molecule has 2 aromatic heterocycles. The summed E-state index contributed by atoms with van der Waals surface area (Å²) >= 11 is 7.42. The molecule has 3 rings (SSSR count). The van der Waals surface area contributed by atoms with E-state index in [0.717, 1.165) is 48.7 Å². The highest BCUT2D eigenvalue weighted by Gasteiger charge is 2.17. The fourth-order valence-electron chi connectivity index (χ4n) is 2.90. The Balaban J connectivity index is 1.35. The summed E-state index contributed by atoms with van der Waals surface area (Å²) < 4.78 is 33.9. The molecule has 28 heavy (non-hydrogen) atoms. The monoisotopic (exact) mass is 441 g/mol. The Hall–Kier alpha value is -1.68. The molecular formula is C18H24ClN5O2S2. The van der Waals surface area contributed by atoms with E-state index >= 15 is 0 Å². The Morgan fingerprint density at radius 1 is 1.11 bits per heavy atom. The summed E-state index contributed by atoms with van der Waals surface area (Å²) in [5, 5.41) is 3.89. The minimum Gasteiger partial charge on any atom is -0.355 e. The number of hydrogen-bond donors (Lipinski definition) is 2. The van der Waals surface area contributed by atoms with E-state index in [4.69, 9.17) is 11.6 Å². The minimum absolute atomic E-state index is 0.299. The van der Waals surface area contributed by atoms with Crippen molar-refractivity contribution in [2.24, 2.45) is 0 Å². The van der Waals surface area contributed by atoms with Crippen LogP contribution in [0.25, 0.3) is 4.96 Å². The van der Waals surface area contributed by atoms with Gasteiger partial charge in [0, 0.05) is 42.0 Å². The van der Waals surface area contributed by atoms with Crippen LogP contribution >= 0.6 is 23.1 Å². The van der Waals surface area contributed by atoms with E-state index in [1.54, 1.807) is 32.2 Å². The second-order valence-corrected chi connectivity index (χ2v) is 9.56. The number of sulfonamides is 1. The van der Waals surface area contributed by atoms with E-state index in [-0.39, 0.29) is 0 Å². The van der Waals surface area contributed by atoms with Crippen molar-refractivity contribution in [2.75, 3.05) is 18.4 Å². The Bertz CT molecular complexity index is 1050. The molecule has 2 N–H and O–H groups in total. The van der Waals surface area contributed by atoms with Gasteiger partial charge in [0.25, 0.3) is 0 Å². The summed E-state index contributed by atoms with van der Waals surface area (Å²) in [7, 11) is -3.51. The van der Waals surface area contributed by atoms with Gasteiger partial charge in [0.2, 0.25) is 20.9 Å². The fraction of sp³-hybridized carbons (Fsp3) is 0.444. The molecule has 1 aromatic carbocycles. The molecule has 0 unspecified atom stereocenters. The lowest BCUT2D eigenvalue weighted by Gasteiger charge is -2.11. The first-order valence-electron chi connectivity index (χ1n) is 9.17. The quantitative estimate of drug-likeness (QED) is 0.464. The third-order valence-corrected chi connectivity index (χ3v) is 7.21. The van der Waals surface area contributed by atoms with E-state index in [0.29, 0.717) is 22.0 Å². The molecule has 0 atom stereocenters. The Morgan fingerprint density at radius 2 is 1.86 bits per heavy atom. The van der Waals surface area contributed by atoms with Gasteiger partial charge in [0.1, 0.15) is 0 Å². The number of halogens is 1. The predicted octanol–water partition coefficient (Wildman–Crippen LogP) is 4.01. The number of aryl methyl sites for hydroxylation is 2. The second-order valence-electron chi connectivity index (χ2n) is 6.69. The van der Waals surface area contributed by atoms with Crippen molar-refractivity contribution in [1.82, 2.24) is 18.5 Å². The first-order chi connectivity index (χ1) is 13.4. The van der Waals surface area contributed by atoms with Gasteiger partial charge in [-0.25, -0.2) is 18.1 Å². The molecule has 0 spiro atoms. The third kappa shape index (κ3) is 5.02. The van der Waals surface area contributed by atoms with Crippen molar-refractivity contribution in [3.8, 4) is 0 Å². The first kappa shape index (κ1) is 21.0. The summed E-state index contributed by atoms with van der Waals surface area (Å²) in [5.74, 6) is 0.818.